The van der Waals surface area contributed by atoms with Crippen LogP contribution in [0.3, 0.4) is 0 Å². The van der Waals surface area contributed by atoms with Crippen molar-refractivity contribution in [3.63, 3.8) is 0 Å². The minimum Gasteiger partial charge on any atom is -0.369 e. The zero-order chi connectivity index (χ0) is 15.7. The Morgan fingerprint density at radius 1 is 1.38 bits per heavy atom. The molecule has 2 aromatic rings. The smallest absolute Gasteiger partial charge is 0.242 e. The molecule has 0 fully saturated rings. The lowest BCUT2D eigenvalue weighted by molar-refractivity contribution is -0.123. The molecular weight excluding hydrogens is 278 g/mol. The van der Waals surface area contributed by atoms with Crippen LogP contribution >= 0.6 is 0 Å². The summed E-state index contributed by atoms with van der Waals surface area (Å²) >= 11 is 0. The van der Waals surface area contributed by atoms with E-state index in [1.54, 1.807) is 6.92 Å². The quantitative estimate of drug-likeness (QED) is 0.908. The third kappa shape index (κ3) is 2.96. The standard InChI is InChI=1S/C14H18F2N4O/c1-7(2)6-18-13(21)8(3)20-11-5-9(15)4-10(16)12(11)19-14(20)17/h4-5,7-8H,6H2,1-3H3,(H2,17,19)(H,18,21). The Labute approximate surface area is 121 Å². The van der Waals surface area contributed by atoms with Gasteiger partial charge in [-0.15, -0.1) is 0 Å². The van der Waals surface area contributed by atoms with Gasteiger partial charge in [-0.25, -0.2) is 13.8 Å². The van der Waals surface area contributed by atoms with E-state index in [1.807, 2.05) is 13.8 Å². The van der Waals surface area contributed by atoms with Crippen molar-refractivity contribution in [2.45, 2.75) is 26.8 Å². The largest absolute Gasteiger partial charge is 0.369 e. The fourth-order valence-corrected chi connectivity index (χ4v) is 2.12. The van der Waals surface area contributed by atoms with E-state index in [-0.39, 0.29) is 22.9 Å². The van der Waals surface area contributed by atoms with E-state index < -0.39 is 17.7 Å². The summed E-state index contributed by atoms with van der Waals surface area (Å²) in [7, 11) is 0. The second-order valence-corrected chi connectivity index (χ2v) is 5.41. The maximum Gasteiger partial charge on any atom is 0.242 e. The molecule has 0 aliphatic carbocycles. The van der Waals surface area contributed by atoms with Gasteiger partial charge in [0.1, 0.15) is 17.4 Å². The van der Waals surface area contributed by atoms with Crippen molar-refractivity contribution in [2.24, 2.45) is 5.92 Å². The number of hydrogen-bond donors (Lipinski definition) is 2. The highest BCUT2D eigenvalue weighted by molar-refractivity contribution is 5.85. The van der Waals surface area contributed by atoms with Crippen molar-refractivity contribution < 1.29 is 13.6 Å². The first-order valence-corrected chi connectivity index (χ1v) is 6.71. The van der Waals surface area contributed by atoms with Gasteiger partial charge < -0.3 is 11.1 Å². The average Bonchev–Trinajstić information content (AvgIpc) is 2.71. The van der Waals surface area contributed by atoms with Crippen molar-refractivity contribution in [1.29, 1.82) is 0 Å². The Bertz CT molecular complexity index is 681. The molecule has 21 heavy (non-hydrogen) atoms. The van der Waals surface area contributed by atoms with Crippen LogP contribution in [-0.4, -0.2) is 22.0 Å². The number of nitrogens with two attached hydrogens (primary N) is 1. The number of benzene rings is 1. The number of nitrogens with zero attached hydrogens (tertiary/aromatic N) is 2. The lowest BCUT2D eigenvalue weighted by Crippen LogP contribution is -2.33. The zero-order valence-electron chi connectivity index (χ0n) is 12.2. The molecule has 3 N–H and O–H groups in total. The number of carbonyl (C=O) groups excluding carboxylic acids is 1. The molecule has 1 aromatic heterocycles. The minimum atomic E-state index is -0.801. The summed E-state index contributed by atoms with van der Waals surface area (Å²) in [5, 5.41) is 2.76. The second-order valence-electron chi connectivity index (χ2n) is 5.41. The molecule has 2 rings (SSSR count). The van der Waals surface area contributed by atoms with Crippen LogP contribution in [0.25, 0.3) is 11.0 Å². The van der Waals surface area contributed by atoms with E-state index in [4.69, 9.17) is 5.73 Å². The monoisotopic (exact) mass is 296 g/mol. The van der Waals surface area contributed by atoms with Crippen LogP contribution in [0.15, 0.2) is 12.1 Å². The van der Waals surface area contributed by atoms with E-state index in [1.165, 1.54) is 4.57 Å². The zero-order valence-corrected chi connectivity index (χ0v) is 12.2. The number of rotatable bonds is 4. The number of aromatic nitrogens is 2. The van der Waals surface area contributed by atoms with Crippen molar-refractivity contribution >= 4 is 22.9 Å². The lowest BCUT2D eigenvalue weighted by Gasteiger charge is -2.17. The van der Waals surface area contributed by atoms with E-state index in [2.05, 4.69) is 10.3 Å². The summed E-state index contributed by atoms with van der Waals surface area (Å²) in [6, 6.07) is 1.14. The van der Waals surface area contributed by atoms with E-state index in [0.29, 0.717) is 12.5 Å². The first-order valence-electron chi connectivity index (χ1n) is 6.71. The third-order valence-corrected chi connectivity index (χ3v) is 3.19. The molecule has 1 aromatic carbocycles. The van der Waals surface area contributed by atoms with Gasteiger partial charge in [-0.05, 0) is 12.8 Å². The summed E-state index contributed by atoms with van der Waals surface area (Å²) < 4.78 is 28.4. The van der Waals surface area contributed by atoms with Crippen LogP contribution < -0.4 is 11.1 Å². The van der Waals surface area contributed by atoms with Gasteiger partial charge in [0.05, 0.1) is 5.52 Å². The maximum atomic E-state index is 13.7. The second kappa shape index (κ2) is 5.67. The first kappa shape index (κ1) is 15.2. The molecule has 1 unspecified atom stereocenters. The number of amides is 1. The fourth-order valence-electron chi connectivity index (χ4n) is 2.12. The number of carbonyl (C=O) groups is 1. The number of hydrogen-bond acceptors (Lipinski definition) is 3. The predicted octanol–water partition coefficient (Wildman–Crippen LogP) is 2.23. The normalized spacial score (nSPS) is 12.9. The molecule has 114 valence electrons. The number of halogens is 2. The number of fused-ring (bicyclic) bond motifs is 1. The van der Waals surface area contributed by atoms with Crippen LogP contribution in [0.4, 0.5) is 14.7 Å². The van der Waals surface area contributed by atoms with Gasteiger partial charge in [-0.3, -0.25) is 9.36 Å². The first-order chi connectivity index (χ1) is 9.81. The predicted molar refractivity (Wildman–Crippen MR) is 76.6 cm³/mol. The molecular formula is C14H18F2N4O. The van der Waals surface area contributed by atoms with Gasteiger partial charge in [-0.2, -0.15) is 0 Å². The summed E-state index contributed by atoms with van der Waals surface area (Å²) in [5.74, 6) is -1.55. The molecule has 1 amide bonds. The van der Waals surface area contributed by atoms with Crippen molar-refractivity contribution in [3.8, 4) is 0 Å². The summed E-state index contributed by atoms with van der Waals surface area (Å²) in [6.45, 7) is 6.06. The van der Waals surface area contributed by atoms with Crippen LogP contribution in [0, 0.1) is 17.6 Å². The van der Waals surface area contributed by atoms with Gasteiger partial charge in [0.15, 0.2) is 5.82 Å². The summed E-state index contributed by atoms with van der Waals surface area (Å²) in [6.07, 6.45) is 0. The average molecular weight is 296 g/mol. The SMILES string of the molecule is CC(C)CNC(=O)C(C)n1c(N)nc2c(F)cc(F)cc21. The van der Waals surface area contributed by atoms with E-state index in [9.17, 15) is 13.6 Å². The number of imidazole rings is 1. The Morgan fingerprint density at radius 2 is 2.05 bits per heavy atom. The van der Waals surface area contributed by atoms with Gasteiger partial charge in [0.2, 0.25) is 11.9 Å². The Balaban J connectivity index is 2.41. The fraction of sp³-hybridized carbons (Fsp3) is 0.429. The highest BCUT2D eigenvalue weighted by Gasteiger charge is 2.22. The molecule has 1 heterocycles. The van der Waals surface area contributed by atoms with Crippen molar-refractivity contribution in [3.05, 3.63) is 23.8 Å². The topological polar surface area (TPSA) is 72.9 Å². The molecule has 5 nitrogen and oxygen atoms in total. The number of nitrogens with one attached hydrogen (secondary N) is 1. The molecule has 7 heteroatoms. The molecule has 0 radical (unpaired) electrons. The maximum absolute atomic E-state index is 13.7. The molecule has 0 aliphatic rings. The molecule has 0 bridgehead atoms. The van der Waals surface area contributed by atoms with Crippen molar-refractivity contribution in [2.75, 3.05) is 12.3 Å². The number of anilines is 1. The molecule has 0 aliphatic heterocycles. The van der Waals surface area contributed by atoms with Crippen LogP contribution in [0.2, 0.25) is 0 Å². The Hall–Kier alpha value is -2.18. The van der Waals surface area contributed by atoms with Gasteiger partial charge >= 0.3 is 0 Å². The van der Waals surface area contributed by atoms with Crippen LogP contribution in [-0.2, 0) is 4.79 Å². The molecule has 0 spiro atoms. The highest BCUT2D eigenvalue weighted by atomic mass is 19.1. The highest BCUT2D eigenvalue weighted by Crippen LogP contribution is 2.25. The van der Waals surface area contributed by atoms with Gasteiger partial charge in [0.25, 0.3) is 0 Å². The van der Waals surface area contributed by atoms with Gasteiger partial charge in [0, 0.05) is 18.7 Å². The van der Waals surface area contributed by atoms with Crippen LogP contribution in [0.1, 0.15) is 26.8 Å². The molecule has 1 atom stereocenters. The van der Waals surface area contributed by atoms with Crippen molar-refractivity contribution in [1.82, 2.24) is 14.9 Å². The van der Waals surface area contributed by atoms with Crippen LogP contribution in [0.5, 0.6) is 0 Å². The lowest BCUT2D eigenvalue weighted by atomic mass is 10.2. The minimum absolute atomic E-state index is 0.0262. The van der Waals surface area contributed by atoms with E-state index >= 15 is 0 Å². The number of nitrogen functional groups attached to an aromatic ring is 1. The Kier molecular flexibility index (Phi) is 4.11. The van der Waals surface area contributed by atoms with E-state index in [0.717, 1.165) is 12.1 Å². The molecule has 0 saturated carbocycles. The third-order valence-electron chi connectivity index (χ3n) is 3.19. The summed E-state index contributed by atoms with van der Waals surface area (Å²) in [5.41, 5.74) is 5.87. The van der Waals surface area contributed by atoms with Gasteiger partial charge in [-0.1, -0.05) is 13.8 Å². The summed E-state index contributed by atoms with van der Waals surface area (Å²) in [4.78, 5) is 16.0. The molecule has 0 saturated heterocycles. The Morgan fingerprint density at radius 3 is 2.67 bits per heavy atom.